The summed E-state index contributed by atoms with van der Waals surface area (Å²) in [4.78, 5) is 16.8. The van der Waals surface area contributed by atoms with Gasteiger partial charge in [0.2, 0.25) is 0 Å². The molecule has 134 valence electrons. The lowest BCUT2D eigenvalue weighted by atomic mass is 10.1. The molecule has 0 aliphatic heterocycles. The monoisotopic (exact) mass is 380 g/mol. The molecule has 0 aliphatic rings. The Morgan fingerprint density at radius 3 is 2.52 bits per heavy atom. The summed E-state index contributed by atoms with van der Waals surface area (Å²) < 4.78 is 27.8. The molecule has 0 unspecified atom stereocenters. The molecule has 0 aliphatic carbocycles. The van der Waals surface area contributed by atoms with Crippen molar-refractivity contribution < 1.29 is 13.6 Å². The van der Waals surface area contributed by atoms with Crippen molar-refractivity contribution in [3.05, 3.63) is 94.5 Å². The van der Waals surface area contributed by atoms with Crippen LogP contribution in [0, 0.1) is 11.6 Å². The fraction of sp³-hybridized carbons (Fsp3) is 0.0476. The Hall–Kier alpha value is -3.12. The van der Waals surface area contributed by atoms with E-state index in [1.807, 2.05) is 36.4 Å². The zero-order valence-electron chi connectivity index (χ0n) is 14.1. The highest BCUT2D eigenvalue weighted by molar-refractivity contribution is 7.18. The molecule has 1 aromatic heterocycles. The molecule has 0 bridgehead atoms. The molecule has 3 aromatic carbocycles. The maximum atomic E-state index is 13.7. The average Bonchev–Trinajstić information content (AvgIpc) is 3.05. The SMILES string of the molecule is O=C(Nc1ccc(Cc2nc3ccccc3s2)cc1)c1ccc(F)cc1F. The minimum absolute atomic E-state index is 0.199. The van der Waals surface area contributed by atoms with Crippen LogP contribution < -0.4 is 5.32 Å². The lowest BCUT2D eigenvalue weighted by Crippen LogP contribution is -2.13. The first kappa shape index (κ1) is 17.3. The van der Waals surface area contributed by atoms with E-state index >= 15 is 0 Å². The van der Waals surface area contributed by atoms with Crippen LogP contribution in [0.4, 0.5) is 14.5 Å². The van der Waals surface area contributed by atoms with E-state index in [1.54, 1.807) is 23.5 Å². The van der Waals surface area contributed by atoms with E-state index in [1.165, 1.54) is 0 Å². The topological polar surface area (TPSA) is 42.0 Å². The Morgan fingerprint density at radius 2 is 1.78 bits per heavy atom. The molecule has 0 fully saturated rings. The number of aromatic nitrogens is 1. The summed E-state index contributed by atoms with van der Waals surface area (Å²) in [5.41, 5.74) is 2.38. The van der Waals surface area contributed by atoms with Gasteiger partial charge in [-0.25, -0.2) is 13.8 Å². The molecule has 0 saturated carbocycles. The molecule has 27 heavy (non-hydrogen) atoms. The number of rotatable bonds is 4. The second-order valence-electron chi connectivity index (χ2n) is 6.03. The zero-order valence-corrected chi connectivity index (χ0v) is 14.9. The van der Waals surface area contributed by atoms with E-state index < -0.39 is 17.5 Å². The van der Waals surface area contributed by atoms with Gasteiger partial charge >= 0.3 is 0 Å². The van der Waals surface area contributed by atoms with E-state index in [0.29, 0.717) is 18.2 Å². The first-order chi connectivity index (χ1) is 13.1. The third-order valence-corrected chi connectivity index (χ3v) is 5.12. The molecule has 0 spiro atoms. The molecule has 6 heteroatoms. The van der Waals surface area contributed by atoms with Crippen molar-refractivity contribution >= 4 is 33.1 Å². The third kappa shape index (κ3) is 3.85. The third-order valence-electron chi connectivity index (χ3n) is 4.08. The summed E-state index contributed by atoms with van der Waals surface area (Å²) in [7, 11) is 0. The summed E-state index contributed by atoms with van der Waals surface area (Å²) in [5.74, 6) is -2.23. The van der Waals surface area contributed by atoms with Crippen LogP contribution in [0.1, 0.15) is 20.9 Å². The van der Waals surface area contributed by atoms with Gasteiger partial charge in [0.05, 0.1) is 20.8 Å². The first-order valence-electron chi connectivity index (χ1n) is 8.28. The van der Waals surface area contributed by atoms with Gasteiger partial charge in [-0.15, -0.1) is 11.3 Å². The smallest absolute Gasteiger partial charge is 0.258 e. The van der Waals surface area contributed by atoms with Gasteiger partial charge in [0.15, 0.2) is 0 Å². The van der Waals surface area contributed by atoms with E-state index in [9.17, 15) is 13.6 Å². The fourth-order valence-electron chi connectivity index (χ4n) is 2.75. The Morgan fingerprint density at radius 1 is 1.00 bits per heavy atom. The summed E-state index contributed by atoms with van der Waals surface area (Å²) in [6.07, 6.45) is 0.695. The summed E-state index contributed by atoms with van der Waals surface area (Å²) >= 11 is 1.65. The number of carbonyl (C=O) groups excluding carboxylic acids is 1. The van der Waals surface area contributed by atoms with E-state index in [0.717, 1.165) is 32.9 Å². The Bertz CT molecular complexity index is 1090. The van der Waals surface area contributed by atoms with Crippen LogP contribution in [0.15, 0.2) is 66.7 Å². The van der Waals surface area contributed by atoms with Crippen molar-refractivity contribution in [1.82, 2.24) is 4.98 Å². The summed E-state index contributed by atoms with van der Waals surface area (Å²) in [6, 6.07) is 18.2. The van der Waals surface area contributed by atoms with Crippen molar-refractivity contribution in [2.24, 2.45) is 0 Å². The van der Waals surface area contributed by atoms with E-state index in [2.05, 4.69) is 10.3 Å². The van der Waals surface area contributed by atoms with Crippen LogP contribution in [0.3, 0.4) is 0 Å². The Balaban J connectivity index is 1.46. The molecule has 0 atom stereocenters. The maximum Gasteiger partial charge on any atom is 0.258 e. The van der Waals surface area contributed by atoms with Crippen LogP contribution in [-0.2, 0) is 6.42 Å². The lowest BCUT2D eigenvalue weighted by Gasteiger charge is -2.07. The van der Waals surface area contributed by atoms with E-state index in [4.69, 9.17) is 0 Å². The number of halogens is 2. The van der Waals surface area contributed by atoms with Gasteiger partial charge < -0.3 is 5.32 Å². The highest BCUT2D eigenvalue weighted by Crippen LogP contribution is 2.24. The molecular weight excluding hydrogens is 366 g/mol. The van der Waals surface area contributed by atoms with Gasteiger partial charge in [-0.05, 0) is 42.0 Å². The Labute approximate surface area is 158 Å². The number of carbonyl (C=O) groups is 1. The van der Waals surface area contributed by atoms with Crippen LogP contribution in [0.5, 0.6) is 0 Å². The second-order valence-corrected chi connectivity index (χ2v) is 7.14. The van der Waals surface area contributed by atoms with Crippen molar-refractivity contribution in [2.75, 3.05) is 5.32 Å². The highest BCUT2D eigenvalue weighted by Gasteiger charge is 2.13. The van der Waals surface area contributed by atoms with Gasteiger partial charge in [-0.1, -0.05) is 24.3 Å². The number of nitrogens with one attached hydrogen (secondary N) is 1. The van der Waals surface area contributed by atoms with Crippen molar-refractivity contribution in [3.63, 3.8) is 0 Å². The quantitative estimate of drug-likeness (QED) is 0.514. The number of hydrogen-bond donors (Lipinski definition) is 1. The minimum atomic E-state index is -0.889. The summed E-state index contributed by atoms with van der Waals surface area (Å²) in [5, 5.41) is 3.63. The van der Waals surface area contributed by atoms with Crippen molar-refractivity contribution in [2.45, 2.75) is 6.42 Å². The molecule has 1 N–H and O–H groups in total. The van der Waals surface area contributed by atoms with Gasteiger partial charge in [0, 0.05) is 18.2 Å². The number of para-hydroxylation sites is 1. The molecule has 0 radical (unpaired) electrons. The molecule has 1 amide bonds. The lowest BCUT2D eigenvalue weighted by molar-refractivity contribution is 0.102. The van der Waals surface area contributed by atoms with E-state index in [-0.39, 0.29) is 5.56 Å². The minimum Gasteiger partial charge on any atom is -0.322 e. The predicted octanol–water partition coefficient (Wildman–Crippen LogP) is 5.42. The van der Waals surface area contributed by atoms with Crippen LogP contribution >= 0.6 is 11.3 Å². The molecule has 0 saturated heterocycles. The number of thiazole rings is 1. The standard InChI is InChI=1S/C21H14F2N2OS/c22-14-7-10-16(17(23)12-14)21(26)24-15-8-5-13(6-9-15)11-20-25-18-3-1-2-4-19(18)27-20/h1-10,12H,11H2,(H,24,26). The number of benzene rings is 3. The molecule has 1 heterocycles. The van der Waals surface area contributed by atoms with Gasteiger partial charge in [0.25, 0.3) is 5.91 Å². The van der Waals surface area contributed by atoms with Crippen molar-refractivity contribution in [1.29, 1.82) is 0 Å². The van der Waals surface area contributed by atoms with Gasteiger partial charge in [-0.2, -0.15) is 0 Å². The number of nitrogens with zero attached hydrogens (tertiary/aromatic N) is 1. The molecule has 4 aromatic rings. The Kier molecular flexibility index (Phi) is 4.64. The highest BCUT2D eigenvalue weighted by atomic mass is 32.1. The number of anilines is 1. The fourth-order valence-corrected chi connectivity index (χ4v) is 3.75. The predicted molar refractivity (Wildman–Crippen MR) is 103 cm³/mol. The molecule has 3 nitrogen and oxygen atoms in total. The van der Waals surface area contributed by atoms with Gasteiger partial charge in [-0.3, -0.25) is 4.79 Å². The number of amides is 1. The first-order valence-corrected chi connectivity index (χ1v) is 9.10. The van der Waals surface area contributed by atoms with Crippen LogP contribution in [0.25, 0.3) is 10.2 Å². The van der Waals surface area contributed by atoms with Crippen molar-refractivity contribution in [3.8, 4) is 0 Å². The van der Waals surface area contributed by atoms with Crippen LogP contribution in [0.2, 0.25) is 0 Å². The van der Waals surface area contributed by atoms with Gasteiger partial charge in [0.1, 0.15) is 11.6 Å². The molecule has 4 rings (SSSR count). The second kappa shape index (κ2) is 7.25. The molecular formula is C21H14F2N2OS. The van der Waals surface area contributed by atoms with Crippen LogP contribution in [-0.4, -0.2) is 10.9 Å². The summed E-state index contributed by atoms with van der Waals surface area (Å²) in [6.45, 7) is 0. The average molecular weight is 380 g/mol. The number of fused-ring (bicyclic) bond motifs is 1. The normalized spacial score (nSPS) is 10.9. The number of hydrogen-bond acceptors (Lipinski definition) is 3. The maximum absolute atomic E-state index is 13.7. The zero-order chi connectivity index (χ0) is 18.8. The largest absolute Gasteiger partial charge is 0.322 e.